The van der Waals surface area contributed by atoms with Crippen LogP contribution in [0.15, 0.2) is 200 Å². The molecule has 13 aromatic rings. The van der Waals surface area contributed by atoms with Crippen LogP contribution in [0.3, 0.4) is 0 Å². The average molecular weight is 756 g/mol. The van der Waals surface area contributed by atoms with Crippen molar-refractivity contribution in [1.29, 1.82) is 0 Å². The van der Waals surface area contributed by atoms with E-state index in [1.54, 1.807) is 0 Å². The van der Waals surface area contributed by atoms with Crippen LogP contribution in [0.1, 0.15) is 0 Å². The van der Waals surface area contributed by atoms with E-state index in [1.807, 2.05) is 11.3 Å². The fourth-order valence-corrected chi connectivity index (χ4v) is 10.8. The molecule has 0 radical (unpaired) electrons. The summed E-state index contributed by atoms with van der Waals surface area (Å²) in [7, 11) is 0. The zero-order valence-corrected chi connectivity index (χ0v) is 32.1. The largest absolute Gasteiger partial charge is 0.309 e. The molecule has 4 heterocycles. The average Bonchev–Trinajstić information content (AvgIpc) is 4.02. The molecule has 0 saturated heterocycles. The Morgan fingerprint density at radius 2 is 0.638 bits per heavy atom. The summed E-state index contributed by atoms with van der Waals surface area (Å²) in [6.45, 7) is 0. The number of aromatic nitrogens is 3. The molecule has 0 atom stereocenters. The van der Waals surface area contributed by atoms with E-state index in [2.05, 4.69) is 214 Å². The van der Waals surface area contributed by atoms with E-state index >= 15 is 0 Å². The number of hydrogen-bond acceptors (Lipinski definition) is 1. The third-order valence-corrected chi connectivity index (χ3v) is 13.4. The Bertz CT molecular complexity index is 3800. The zero-order valence-electron chi connectivity index (χ0n) is 31.3. The lowest BCUT2D eigenvalue weighted by Gasteiger charge is -2.11. The Morgan fingerprint density at radius 1 is 0.241 bits per heavy atom. The Hall–Kier alpha value is -7.40. The summed E-state index contributed by atoms with van der Waals surface area (Å²) in [6.07, 6.45) is 0. The molecule has 0 spiro atoms. The van der Waals surface area contributed by atoms with Gasteiger partial charge in [-0.3, -0.25) is 0 Å². The van der Waals surface area contributed by atoms with Crippen molar-refractivity contribution >= 4 is 96.9 Å². The lowest BCUT2D eigenvalue weighted by atomic mass is 10.0. The predicted molar refractivity (Wildman–Crippen MR) is 248 cm³/mol. The molecule has 4 heteroatoms. The first-order valence-corrected chi connectivity index (χ1v) is 20.7. The molecule has 0 N–H and O–H groups in total. The smallest absolute Gasteiger partial charge is 0.0542 e. The molecule has 13 rings (SSSR count). The van der Waals surface area contributed by atoms with Crippen molar-refractivity contribution in [3.63, 3.8) is 0 Å². The predicted octanol–water partition coefficient (Wildman–Crippen LogP) is 15.0. The zero-order chi connectivity index (χ0) is 37.9. The first-order chi connectivity index (χ1) is 28.8. The number of rotatable bonds is 4. The first kappa shape index (κ1) is 31.8. The van der Waals surface area contributed by atoms with Crippen molar-refractivity contribution in [3.8, 4) is 28.2 Å². The van der Waals surface area contributed by atoms with Crippen LogP contribution in [-0.4, -0.2) is 13.7 Å². The van der Waals surface area contributed by atoms with E-state index < -0.39 is 0 Å². The van der Waals surface area contributed by atoms with Gasteiger partial charge < -0.3 is 13.7 Å². The second kappa shape index (κ2) is 12.1. The van der Waals surface area contributed by atoms with Crippen LogP contribution in [0.4, 0.5) is 0 Å². The molecule has 0 saturated carbocycles. The summed E-state index contributed by atoms with van der Waals surface area (Å²) < 4.78 is 9.91. The fourth-order valence-electron chi connectivity index (χ4n) is 9.67. The number of thiophene rings is 1. The van der Waals surface area contributed by atoms with Gasteiger partial charge in [-0.1, -0.05) is 103 Å². The van der Waals surface area contributed by atoms with Gasteiger partial charge in [0.05, 0.1) is 33.1 Å². The molecule has 0 amide bonds. The summed E-state index contributed by atoms with van der Waals surface area (Å²) in [4.78, 5) is 0. The molecule has 0 aliphatic carbocycles. The van der Waals surface area contributed by atoms with Crippen molar-refractivity contribution < 1.29 is 0 Å². The summed E-state index contributed by atoms with van der Waals surface area (Å²) in [5, 5.41) is 10.1. The van der Waals surface area contributed by atoms with Gasteiger partial charge in [0.2, 0.25) is 0 Å². The maximum Gasteiger partial charge on any atom is 0.0542 e. The Balaban J connectivity index is 0.979. The number of nitrogens with zero attached hydrogens (tertiary/aromatic N) is 3. The van der Waals surface area contributed by atoms with Crippen LogP contribution in [0.25, 0.3) is 114 Å². The second-order valence-corrected chi connectivity index (χ2v) is 16.4. The number of fused-ring (bicyclic) bond motifs is 12. The highest BCUT2D eigenvalue weighted by atomic mass is 32.1. The van der Waals surface area contributed by atoms with Gasteiger partial charge in [0.1, 0.15) is 0 Å². The van der Waals surface area contributed by atoms with Gasteiger partial charge >= 0.3 is 0 Å². The van der Waals surface area contributed by atoms with Crippen molar-refractivity contribution in [2.45, 2.75) is 0 Å². The van der Waals surface area contributed by atoms with E-state index in [4.69, 9.17) is 0 Å². The molecule has 0 bridgehead atoms. The van der Waals surface area contributed by atoms with E-state index in [0.717, 1.165) is 5.69 Å². The maximum absolute atomic E-state index is 2.44. The summed E-state index contributed by atoms with van der Waals surface area (Å²) in [6, 6.07) is 73.7. The highest BCUT2D eigenvalue weighted by Crippen LogP contribution is 2.41. The van der Waals surface area contributed by atoms with E-state index in [9.17, 15) is 0 Å². The van der Waals surface area contributed by atoms with Gasteiger partial charge in [-0.2, -0.15) is 0 Å². The lowest BCUT2D eigenvalue weighted by Crippen LogP contribution is -1.95. The molecule has 3 nitrogen and oxygen atoms in total. The number of hydrogen-bond donors (Lipinski definition) is 0. The highest BCUT2D eigenvalue weighted by Gasteiger charge is 2.19. The highest BCUT2D eigenvalue weighted by molar-refractivity contribution is 7.25. The van der Waals surface area contributed by atoms with Gasteiger partial charge in [0.15, 0.2) is 0 Å². The normalized spacial score (nSPS) is 12.1. The monoisotopic (exact) mass is 755 g/mol. The van der Waals surface area contributed by atoms with Crippen LogP contribution in [-0.2, 0) is 0 Å². The van der Waals surface area contributed by atoms with Crippen LogP contribution in [0.5, 0.6) is 0 Å². The van der Waals surface area contributed by atoms with Crippen LogP contribution in [0.2, 0.25) is 0 Å². The standard InChI is InChI=1S/C54H33N3S/c1-2-12-36(13-3-1)55-47-18-8-4-14-39(47)43-30-34(22-26-50(43)55)35-23-27-51-44(31-35)40-15-5-9-19-48(40)56(51)37-24-28-52-45(32-37)41-16-6-10-20-49(41)57(52)38-25-29-54-46(33-38)42-17-7-11-21-53(42)58-54/h1-33H. The van der Waals surface area contributed by atoms with Gasteiger partial charge in [0.25, 0.3) is 0 Å². The van der Waals surface area contributed by atoms with Crippen molar-refractivity contribution in [2.75, 3.05) is 0 Å². The van der Waals surface area contributed by atoms with E-state index in [1.165, 1.54) is 108 Å². The van der Waals surface area contributed by atoms with Gasteiger partial charge in [-0.05, 0) is 108 Å². The topological polar surface area (TPSA) is 14.8 Å². The first-order valence-electron chi connectivity index (χ1n) is 19.8. The van der Waals surface area contributed by atoms with Gasteiger partial charge in [-0.15, -0.1) is 11.3 Å². The minimum Gasteiger partial charge on any atom is -0.309 e. The van der Waals surface area contributed by atoms with Crippen LogP contribution < -0.4 is 0 Å². The van der Waals surface area contributed by atoms with Crippen molar-refractivity contribution in [2.24, 2.45) is 0 Å². The Labute approximate surface area is 337 Å². The molecule has 0 aliphatic rings. The van der Waals surface area contributed by atoms with Gasteiger partial charge in [-0.25, -0.2) is 0 Å². The molecule has 58 heavy (non-hydrogen) atoms. The molecule has 0 unspecified atom stereocenters. The third-order valence-electron chi connectivity index (χ3n) is 12.2. The minimum absolute atomic E-state index is 1.16. The molecule has 270 valence electrons. The molecular formula is C54H33N3S. The van der Waals surface area contributed by atoms with Crippen molar-refractivity contribution in [3.05, 3.63) is 200 Å². The van der Waals surface area contributed by atoms with Gasteiger partial charge in [0, 0.05) is 69.6 Å². The van der Waals surface area contributed by atoms with Crippen LogP contribution in [0, 0.1) is 0 Å². The lowest BCUT2D eigenvalue weighted by molar-refractivity contribution is 1.17. The molecule has 9 aromatic carbocycles. The molecule has 4 aromatic heterocycles. The van der Waals surface area contributed by atoms with Crippen molar-refractivity contribution in [1.82, 2.24) is 13.7 Å². The van der Waals surface area contributed by atoms with Crippen LogP contribution >= 0.6 is 11.3 Å². The second-order valence-electron chi connectivity index (χ2n) is 15.3. The fraction of sp³-hybridized carbons (Fsp3) is 0. The summed E-state index contributed by atoms with van der Waals surface area (Å²) in [5.74, 6) is 0. The Kier molecular flexibility index (Phi) is 6.60. The minimum atomic E-state index is 1.16. The summed E-state index contributed by atoms with van der Waals surface area (Å²) in [5.41, 5.74) is 13.2. The van der Waals surface area contributed by atoms with E-state index in [-0.39, 0.29) is 0 Å². The van der Waals surface area contributed by atoms with E-state index in [0.29, 0.717) is 0 Å². The molecular weight excluding hydrogens is 723 g/mol. The Morgan fingerprint density at radius 3 is 1.22 bits per heavy atom. The number of para-hydroxylation sites is 4. The maximum atomic E-state index is 2.44. The SMILES string of the molecule is c1ccc(-n2c3ccccc3c3cc(-c4ccc5c(c4)c4ccccc4n5-c4ccc5c(c4)c4ccccc4n5-c4ccc5sc6ccccc6c5c4)ccc32)cc1. The number of benzene rings is 9. The summed E-state index contributed by atoms with van der Waals surface area (Å²) >= 11 is 1.86. The molecule has 0 fully saturated rings. The third kappa shape index (κ3) is 4.49. The quantitative estimate of drug-likeness (QED) is 0.170. The molecule has 0 aliphatic heterocycles.